The van der Waals surface area contributed by atoms with E-state index in [1.54, 1.807) is 18.0 Å². The highest BCUT2D eigenvalue weighted by atomic mass is 79.9. The molecule has 2 rings (SSSR count). The fourth-order valence-electron chi connectivity index (χ4n) is 1.12. The molecule has 0 radical (unpaired) electrons. The molecule has 0 aliphatic rings. The van der Waals surface area contributed by atoms with Gasteiger partial charge in [0.05, 0.1) is 10.8 Å². The van der Waals surface area contributed by atoms with Crippen LogP contribution in [0.15, 0.2) is 40.2 Å². The Hall–Kier alpha value is -0.810. The molecule has 0 aliphatic heterocycles. The smallest absolute Gasteiger partial charge is 0.118 e. The molecule has 0 N–H and O–H groups in total. The van der Waals surface area contributed by atoms with E-state index in [0.29, 0.717) is 0 Å². The van der Waals surface area contributed by atoms with Gasteiger partial charge in [-0.2, -0.15) is 0 Å². The number of aryl methyl sites for hydroxylation is 1. The summed E-state index contributed by atoms with van der Waals surface area (Å²) in [5.41, 5.74) is 0. The zero-order chi connectivity index (χ0) is 10.7. The number of hydrogen-bond acceptors (Lipinski definition) is 3. The Morgan fingerprint density at radius 2 is 2.27 bits per heavy atom. The minimum Gasteiger partial charge on any atom is -0.337 e. The molecule has 0 spiro atoms. The summed E-state index contributed by atoms with van der Waals surface area (Å²) in [7, 11) is 2.00. The molecule has 0 amide bonds. The largest absolute Gasteiger partial charge is 0.337 e. The molecular weight excluding hydrogens is 274 g/mol. The number of hydrogen-bond donors (Lipinski definition) is 0. The molecule has 2 aromatic heterocycles. The van der Waals surface area contributed by atoms with Gasteiger partial charge in [-0.05, 0) is 28.1 Å². The van der Waals surface area contributed by atoms with Crippen molar-refractivity contribution >= 4 is 27.7 Å². The standard InChI is InChI=1S/C10H10BrN3S/c1-14-5-4-12-9(14)7-15-10-3-2-8(11)6-13-10/h2-6H,7H2,1H3. The highest BCUT2D eigenvalue weighted by Crippen LogP contribution is 2.20. The van der Waals surface area contributed by atoms with Crippen LogP contribution in [-0.4, -0.2) is 14.5 Å². The number of nitrogens with zero attached hydrogens (tertiary/aromatic N) is 3. The van der Waals surface area contributed by atoms with Crippen molar-refractivity contribution in [1.82, 2.24) is 14.5 Å². The molecule has 78 valence electrons. The quantitative estimate of drug-likeness (QED) is 0.812. The average molecular weight is 284 g/mol. The Morgan fingerprint density at radius 3 is 2.87 bits per heavy atom. The fourth-order valence-corrected chi connectivity index (χ4v) is 2.20. The molecule has 0 fully saturated rings. The molecule has 5 heteroatoms. The zero-order valence-corrected chi connectivity index (χ0v) is 10.6. The lowest BCUT2D eigenvalue weighted by Gasteiger charge is -2.01. The van der Waals surface area contributed by atoms with Gasteiger partial charge in [0.15, 0.2) is 0 Å². The monoisotopic (exact) mass is 283 g/mol. The van der Waals surface area contributed by atoms with Crippen molar-refractivity contribution in [3.63, 3.8) is 0 Å². The van der Waals surface area contributed by atoms with E-state index >= 15 is 0 Å². The van der Waals surface area contributed by atoms with Crippen molar-refractivity contribution in [1.29, 1.82) is 0 Å². The second-order valence-electron chi connectivity index (χ2n) is 3.06. The summed E-state index contributed by atoms with van der Waals surface area (Å²) in [5.74, 6) is 1.91. The minimum atomic E-state index is 0.845. The fraction of sp³-hybridized carbons (Fsp3) is 0.200. The first-order valence-corrected chi connectivity index (χ1v) is 6.24. The molecular formula is C10H10BrN3S. The number of thioether (sulfide) groups is 1. The maximum atomic E-state index is 4.29. The van der Waals surface area contributed by atoms with Gasteiger partial charge in [0, 0.05) is 30.1 Å². The second kappa shape index (κ2) is 4.81. The first-order valence-electron chi connectivity index (χ1n) is 4.46. The van der Waals surface area contributed by atoms with Gasteiger partial charge >= 0.3 is 0 Å². The first kappa shape index (κ1) is 10.7. The highest BCUT2D eigenvalue weighted by Gasteiger charge is 2.01. The normalized spacial score (nSPS) is 10.5. The van der Waals surface area contributed by atoms with Crippen molar-refractivity contribution in [2.75, 3.05) is 0 Å². The lowest BCUT2D eigenvalue weighted by atomic mass is 10.5. The van der Waals surface area contributed by atoms with E-state index in [-0.39, 0.29) is 0 Å². The molecule has 0 saturated carbocycles. The number of imidazole rings is 1. The van der Waals surface area contributed by atoms with Gasteiger partial charge < -0.3 is 4.57 Å². The molecule has 0 aliphatic carbocycles. The van der Waals surface area contributed by atoms with Crippen molar-refractivity contribution in [2.24, 2.45) is 7.05 Å². The number of aromatic nitrogens is 3. The second-order valence-corrected chi connectivity index (χ2v) is 4.97. The molecule has 0 unspecified atom stereocenters. The van der Waals surface area contributed by atoms with E-state index in [2.05, 4.69) is 25.9 Å². The van der Waals surface area contributed by atoms with E-state index in [1.165, 1.54) is 0 Å². The Bertz CT molecular complexity index is 438. The number of rotatable bonds is 3. The van der Waals surface area contributed by atoms with E-state index in [9.17, 15) is 0 Å². The van der Waals surface area contributed by atoms with E-state index in [1.807, 2.05) is 36.1 Å². The van der Waals surface area contributed by atoms with Crippen LogP contribution in [0.4, 0.5) is 0 Å². The Morgan fingerprint density at radius 1 is 1.40 bits per heavy atom. The Balaban J connectivity index is 1.99. The summed E-state index contributed by atoms with van der Waals surface area (Å²) in [6, 6.07) is 3.99. The van der Waals surface area contributed by atoms with Crippen LogP contribution in [0, 0.1) is 0 Å². The van der Waals surface area contributed by atoms with Crippen LogP contribution >= 0.6 is 27.7 Å². The summed E-state index contributed by atoms with van der Waals surface area (Å²) in [4.78, 5) is 8.54. The highest BCUT2D eigenvalue weighted by molar-refractivity contribution is 9.10. The van der Waals surface area contributed by atoms with Crippen LogP contribution in [0.1, 0.15) is 5.82 Å². The van der Waals surface area contributed by atoms with Crippen LogP contribution in [0.3, 0.4) is 0 Å². The van der Waals surface area contributed by atoms with Crippen molar-refractivity contribution in [2.45, 2.75) is 10.8 Å². The zero-order valence-electron chi connectivity index (χ0n) is 8.22. The van der Waals surface area contributed by atoms with Crippen LogP contribution in [0.25, 0.3) is 0 Å². The van der Waals surface area contributed by atoms with Gasteiger partial charge in [-0.15, -0.1) is 0 Å². The van der Waals surface area contributed by atoms with Crippen molar-refractivity contribution in [3.05, 3.63) is 41.0 Å². The summed E-state index contributed by atoms with van der Waals surface area (Å²) >= 11 is 5.04. The van der Waals surface area contributed by atoms with Crippen LogP contribution in [0.2, 0.25) is 0 Å². The summed E-state index contributed by atoms with van der Waals surface area (Å²) in [6.45, 7) is 0. The maximum Gasteiger partial charge on any atom is 0.118 e. The molecule has 2 heterocycles. The summed E-state index contributed by atoms with van der Waals surface area (Å²) < 4.78 is 3.02. The average Bonchev–Trinajstić information content (AvgIpc) is 2.63. The van der Waals surface area contributed by atoms with Gasteiger partial charge in [0.25, 0.3) is 0 Å². The maximum absolute atomic E-state index is 4.29. The van der Waals surface area contributed by atoms with E-state index in [0.717, 1.165) is 21.1 Å². The van der Waals surface area contributed by atoms with Crippen LogP contribution < -0.4 is 0 Å². The molecule has 0 aromatic carbocycles. The SMILES string of the molecule is Cn1ccnc1CSc1ccc(Br)cn1. The van der Waals surface area contributed by atoms with Gasteiger partial charge in [-0.1, -0.05) is 11.8 Å². The van der Waals surface area contributed by atoms with E-state index in [4.69, 9.17) is 0 Å². The Kier molecular flexibility index (Phi) is 3.43. The lowest BCUT2D eigenvalue weighted by Crippen LogP contribution is -1.94. The molecule has 0 saturated heterocycles. The summed E-state index contributed by atoms with van der Waals surface area (Å²) in [5, 5.41) is 1.02. The molecule has 0 atom stereocenters. The molecule has 15 heavy (non-hydrogen) atoms. The lowest BCUT2D eigenvalue weighted by molar-refractivity contribution is 0.848. The van der Waals surface area contributed by atoms with Crippen molar-refractivity contribution in [3.8, 4) is 0 Å². The van der Waals surface area contributed by atoms with E-state index < -0.39 is 0 Å². The molecule has 2 aromatic rings. The number of halogens is 1. The predicted molar refractivity (Wildman–Crippen MR) is 64.7 cm³/mol. The predicted octanol–water partition coefficient (Wildman–Crippen LogP) is 2.87. The van der Waals surface area contributed by atoms with Gasteiger partial charge in [0.1, 0.15) is 5.82 Å². The number of pyridine rings is 1. The first-order chi connectivity index (χ1) is 7.25. The van der Waals surface area contributed by atoms with Gasteiger partial charge in [-0.3, -0.25) is 0 Å². The molecule has 3 nitrogen and oxygen atoms in total. The summed E-state index contributed by atoms with van der Waals surface area (Å²) in [6.07, 6.45) is 5.57. The third-order valence-corrected chi connectivity index (χ3v) is 3.38. The van der Waals surface area contributed by atoms with Gasteiger partial charge in [-0.25, -0.2) is 9.97 Å². The Labute approximate surface area is 101 Å². The van der Waals surface area contributed by atoms with Crippen molar-refractivity contribution < 1.29 is 0 Å². The molecule has 0 bridgehead atoms. The third-order valence-electron chi connectivity index (χ3n) is 1.97. The topological polar surface area (TPSA) is 30.7 Å². The van der Waals surface area contributed by atoms with Gasteiger partial charge in [0.2, 0.25) is 0 Å². The third kappa shape index (κ3) is 2.82. The van der Waals surface area contributed by atoms with Crippen LogP contribution in [-0.2, 0) is 12.8 Å². The minimum absolute atomic E-state index is 0.845. The van der Waals surface area contributed by atoms with Crippen LogP contribution in [0.5, 0.6) is 0 Å².